The molecule has 0 aromatic carbocycles. The minimum atomic E-state index is -0.641. The van der Waals surface area contributed by atoms with E-state index in [9.17, 15) is 19.8 Å². The van der Waals surface area contributed by atoms with Gasteiger partial charge in [-0.3, -0.25) is 9.59 Å². The third kappa shape index (κ3) is 3.39. The molecule has 27 heavy (non-hydrogen) atoms. The molecule has 1 saturated carbocycles. The van der Waals surface area contributed by atoms with Gasteiger partial charge in [-0.05, 0) is 37.5 Å². The molecule has 1 heterocycles. The summed E-state index contributed by atoms with van der Waals surface area (Å²) in [5, 5.41) is 23.9. The maximum absolute atomic E-state index is 12.5. The van der Waals surface area contributed by atoms with Gasteiger partial charge in [0.15, 0.2) is 5.13 Å². The number of rotatable bonds is 5. The maximum atomic E-state index is 12.5. The van der Waals surface area contributed by atoms with Crippen molar-refractivity contribution in [3.63, 3.8) is 0 Å². The number of ketones is 1. The average molecular weight is 396 g/mol. The smallest absolute Gasteiger partial charge is 0.221 e. The Labute approximate surface area is 163 Å². The van der Waals surface area contributed by atoms with Gasteiger partial charge in [0.1, 0.15) is 5.78 Å². The Morgan fingerprint density at radius 2 is 2.11 bits per heavy atom. The molecule has 0 saturated heterocycles. The largest absolute Gasteiger partial charge is 0.396 e. The number of thiazole rings is 1. The number of amides is 1. The molecule has 5 N–H and O–H groups in total. The highest BCUT2D eigenvalue weighted by atomic mass is 32.1. The summed E-state index contributed by atoms with van der Waals surface area (Å²) < 4.78 is 0. The number of nitrogens with zero attached hydrogens (tertiary/aromatic N) is 1. The van der Waals surface area contributed by atoms with E-state index in [0.717, 1.165) is 17.0 Å². The zero-order valence-corrected chi connectivity index (χ0v) is 16.9. The number of fused-ring (bicyclic) bond motifs is 2. The lowest BCUT2D eigenvalue weighted by Crippen LogP contribution is -2.57. The number of aliphatic hydroxyl groups excluding tert-OH is 2. The third-order valence-electron chi connectivity index (χ3n) is 6.83. The van der Waals surface area contributed by atoms with Gasteiger partial charge in [0, 0.05) is 22.6 Å². The fourth-order valence-electron chi connectivity index (χ4n) is 5.15. The van der Waals surface area contributed by atoms with Gasteiger partial charge < -0.3 is 21.3 Å². The van der Waals surface area contributed by atoms with Crippen molar-refractivity contribution < 1.29 is 19.8 Å². The summed E-state index contributed by atoms with van der Waals surface area (Å²) in [5.74, 6) is -0.434. The summed E-state index contributed by atoms with van der Waals surface area (Å²) >= 11 is 1.42. The van der Waals surface area contributed by atoms with Gasteiger partial charge in [0.25, 0.3) is 0 Å². The standard InChI is InChI=1S/C19H29N3O4S/c1-10(24)8-21-15(26)6-11-16-12(27-17(20)22-16)7-13-18(11,2)5-4-14(25)19(13,3)9-23/h11,13-14,23,25H,4-9H2,1-3H3,(H2,20,22)(H,21,26)/t11-,13+,14-,18+,19+/m1/s1. The summed E-state index contributed by atoms with van der Waals surface area (Å²) in [7, 11) is 0. The van der Waals surface area contributed by atoms with E-state index in [1.807, 2.05) is 6.92 Å². The molecule has 1 aromatic rings. The molecule has 0 bridgehead atoms. The minimum absolute atomic E-state index is 0.0108. The number of carbonyl (C=O) groups excluding carboxylic acids is 2. The van der Waals surface area contributed by atoms with Crippen LogP contribution in [0.3, 0.4) is 0 Å². The van der Waals surface area contributed by atoms with Crippen molar-refractivity contribution in [2.75, 3.05) is 18.9 Å². The van der Waals surface area contributed by atoms with E-state index in [-0.39, 0.29) is 48.5 Å². The van der Waals surface area contributed by atoms with E-state index >= 15 is 0 Å². The molecule has 8 heteroatoms. The van der Waals surface area contributed by atoms with Gasteiger partial charge >= 0.3 is 0 Å². The monoisotopic (exact) mass is 395 g/mol. The van der Waals surface area contributed by atoms with Crippen LogP contribution in [0.4, 0.5) is 5.13 Å². The second kappa shape index (κ2) is 7.14. The number of hydrogen-bond donors (Lipinski definition) is 4. The van der Waals surface area contributed by atoms with Crippen molar-refractivity contribution in [3.05, 3.63) is 10.6 Å². The predicted molar refractivity (Wildman–Crippen MR) is 103 cm³/mol. The lowest BCUT2D eigenvalue weighted by atomic mass is 9.47. The van der Waals surface area contributed by atoms with Gasteiger partial charge in [-0.25, -0.2) is 4.98 Å². The first kappa shape index (κ1) is 20.2. The summed E-state index contributed by atoms with van der Waals surface area (Å²) in [6.07, 6.45) is 1.65. The number of nitrogens with one attached hydrogen (secondary N) is 1. The lowest BCUT2D eigenvalue weighted by molar-refractivity contribution is -0.144. The van der Waals surface area contributed by atoms with Gasteiger partial charge in [-0.2, -0.15) is 0 Å². The second-order valence-corrected chi connectivity index (χ2v) is 9.69. The van der Waals surface area contributed by atoms with Gasteiger partial charge in [-0.15, -0.1) is 11.3 Å². The van der Waals surface area contributed by atoms with Crippen LogP contribution in [0.2, 0.25) is 0 Å². The SMILES string of the molecule is CC(=O)CNC(=O)C[C@@H]1c2nc(N)sc2C[C@@H]2[C@](C)(CO)[C@H](O)CC[C@]21C. The quantitative estimate of drug-likeness (QED) is 0.594. The molecule has 1 fully saturated rings. The molecule has 150 valence electrons. The van der Waals surface area contributed by atoms with Gasteiger partial charge in [0.05, 0.1) is 24.9 Å². The van der Waals surface area contributed by atoms with Crippen molar-refractivity contribution in [1.29, 1.82) is 0 Å². The zero-order chi connectivity index (χ0) is 20.0. The Kier molecular flexibility index (Phi) is 5.35. The van der Waals surface area contributed by atoms with Crippen molar-refractivity contribution in [3.8, 4) is 0 Å². The van der Waals surface area contributed by atoms with Crippen LogP contribution < -0.4 is 11.1 Å². The molecule has 0 unspecified atom stereocenters. The normalized spacial score (nSPS) is 35.2. The first-order valence-corrected chi connectivity index (χ1v) is 10.2. The Bertz CT molecular complexity index is 751. The van der Waals surface area contributed by atoms with Gasteiger partial charge in [-0.1, -0.05) is 13.8 Å². The van der Waals surface area contributed by atoms with Crippen LogP contribution in [0.1, 0.15) is 56.5 Å². The van der Waals surface area contributed by atoms with Gasteiger partial charge in [0.2, 0.25) is 5.91 Å². The lowest BCUT2D eigenvalue weighted by Gasteiger charge is -2.58. The maximum Gasteiger partial charge on any atom is 0.221 e. The van der Waals surface area contributed by atoms with E-state index < -0.39 is 11.5 Å². The number of nitrogen functional groups attached to an aromatic ring is 1. The molecule has 2 aliphatic rings. The molecule has 5 atom stereocenters. The van der Waals surface area contributed by atoms with Crippen molar-refractivity contribution in [1.82, 2.24) is 10.3 Å². The number of Topliss-reactive ketones (excluding diaryl/α,β-unsaturated/α-hetero) is 1. The molecule has 1 aromatic heterocycles. The van der Waals surface area contributed by atoms with Crippen LogP contribution in [0.15, 0.2) is 0 Å². The molecule has 3 rings (SSSR count). The summed E-state index contributed by atoms with van der Waals surface area (Å²) in [6.45, 7) is 5.42. The highest BCUT2D eigenvalue weighted by Gasteiger charge is 2.59. The van der Waals surface area contributed by atoms with E-state index in [2.05, 4.69) is 17.2 Å². The van der Waals surface area contributed by atoms with E-state index in [0.29, 0.717) is 18.0 Å². The zero-order valence-electron chi connectivity index (χ0n) is 16.1. The predicted octanol–water partition coefficient (Wildman–Crippen LogP) is 1.24. The van der Waals surface area contributed by atoms with Crippen LogP contribution in [-0.4, -0.2) is 46.1 Å². The molecule has 7 nitrogen and oxygen atoms in total. The van der Waals surface area contributed by atoms with E-state index in [1.165, 1.54) is 18.3 Å². The Morgan fingerprint density at radius 1 is 1.41 bits per heavy atom. The topological polar surface area (TPSA) is 126 Å². The molecular weight excluding hydrogens is 366 g/mol. The first-order chi connectivity index (χ1) is 12.6. The van der Waals surface area contributed by atoms with Crippen molar-refractivity contribution >= 4 is 28.2 Å². The number of carbonyl (C=O) groups is 2. The summed E-state index contributed by atoms with van der Waals surface area (Å²) in [5.41, 5.74) is 5.90. The fourth-order valence-corrected chi connectivity index (χ4v) is 6.08. The number of anilines is 1. The number of nitrogens with two attached hydrogens (primary N) is 1. The number of aliphatic hydroxyl groups is 2. The van der Waals surface area contributed by atoms with Crippen molar-refractivity contribution in [2.45, 2.75) is 58.5 Å². The van der Waals surface area contributed by atoms with Crippen LogP contribution in [0.5, 0.6) is 0 Å². The number of aromatic nitrogens is 1. The summed E-state index contributed by atoms with van der Waals surface area (Å²) in [6, 6.07) is 0. The highest BCUT2D eigenvalue weighted by Crippen LogP contribution is 2.62. The Balaban J connectivity index is 1.99. The van der Waals surface area contributed by atoms with Crippen molar-refractivity contribution in [2.24, 2.45) is 16.7 Å². The fraction of sp³-hybridized carbons (Fsp3) is 0.737. The Hall–Kier alpha value is -1.51. The minimum Gasteiger partial charge on any atom is -0.396 e. The first-order valence-electron chi connectivity index (χ1n) is 9.42. The van der Waals surface area contributed by atoms with E-state index in [4.69, 9.17) is 5.73 Å². The average Bonchev–Trinajstić information content (AvgIpc) is 2.98. The molecule has 2 aliphatic carbocycles. The number of hydrogen-bond acceptors (Lipinski definition) is 7. The second-order valence-electron chi connectivity index (χ2n) is 8.58. The molecule has 0 spiro atoms. The molecular formula is C19H29N3O4S. The van der Waals surface area contributed by atoms with E-state index in [1.54, 1.807) is 0 Å². The third-order valence-corrected chi connectivity index (χ3v) is 7.76. The van der Waals surface area contributed by atoms with Crippen LogP contribution in [0, 0.1) is 16.7 Å². The Morgan fingerprint density at radius 3 is 2.74 bits per heavy atom. The van der Waals surface area contributed by atoms with Crippen LogP contribution >= 0.6 is 11.3 Å². The van der Waals surface area contributed by atoms with Crippen LogP contribution in [-0.2, 0) is 16.0 Å². The molecule has 0 radical (unpaired) electrons. The highest BCUT2D eigenvalue weighted by molar-refractivity contribution is 7.15. The molecule has 1 amide bonds. The molecule has 0 aliphatic heterocycles. The van der Waals surface area contributed by atoms with Crippen LogP contribution in [0.25, 0.3) is 0 Å². The summed E-state index contributed by atoms with van der Waals surface area (Å²) in [4.78, 5) is 29.3.